The quantitative estimate of drug-likeness (QED) is 0.471. The summed E-state index contributed by atoms with van der Waals surface area (Å²) in [4.78, 5) is 25.0. The second-order valence-corrected chi connectivity index (χ2v) is 4.67. The molecule has 0 spiro atoms. The van der Waals surface area contributed by atoms with Crippen LogP contribution in [-0.4, -0.2) is 62.2 Å². The molecule has 0 aromatic rings. The van der Waals surface area contributed by atoms with Gasteiger partial charge in [0.1, 0.15) is 6.04 Å². The summed E-state index contributed by atoms with van der Waals surface area (Å²) in [5, 5.41) is 0. The Kier molecular flexibility index (Phi) is 3.34. The lowest BCUT2D eigenvalue weighted by Crippen LogP contribution is -2.53. The van der Waals surface area contributed by atoms with E-state index in [0.717, 1.165) is 6.42 Å². The van der Waals surface area contributed by atoms with Gasteiger partial charge in [-0.15, -0.1) is 0 Å². The van der Waals surface area contributed by atoms with Gasteiger partial charge in [0.15, 0.2) is 0 Å². The van der Waals surface area contributed by atoms with Crippen LogP contribution in [-0.2, 0) is 9.53 Å². The van der Waals surface area contributed by atoms with Gasteiger partial charge in [0, 0.05) is 6.54 Å². The molecular weight excluding hydrogens is 196 g/mol. The molecular formula is C10H19N2O3+. The van der Waals surface area contributed by atoms with E-state index >= 15 is 0 Å². The molecule has 0 radical (unpaired) electrons. The topological polar surface area (TPSA) is 46.6 Å². The largest absolute Gasteiger partial charge is 0.467 e. The lowest BCUT2D eigenvalue weighted by molar-refractivity contribution is -0.790. The fourth-order valence-electron chi connectivity index (χ4n) is 1.76. The minimum atomic E-state index is -0.389. The Hall–Kier alpha value is -1.10. The predicted octanol–water partition coefficient (Wildman–Crippen LogP) is 0.450. The molecule has 5 heteroatoms. The Labute approximate surface area is 90.2 Å². The van der Waals surface area contributed by atoms with Crippen LogP contribution in [0, 0.1) is 0 Å². The van der Waals surface area contributed by atoms with Crippen molar-refractivity contribution in [2.75, 3.05) is 34.8 Å². The van der Waals surface area contributed by atoms with Gasteiger partial charge in [-0.25, -0.2) is 14.1 Å². The summed E-state index contributed by atoms with van der Waals surface area (Å²) in [6, 6.07) is -0.428. The summed E-state index contributed by atoms with van der Waals surface area (Å²) in [7, 11) is 6.76. The van der Waals surface area contributed by atoms with Crippen molar-refractivity contribution in [1.82, 2.24) is 4.90 Å². The van der Waals surface area contributed by atoms with E-state index in [1.807, 2.05) is 0 Å². The van der Waals surface area contributed by atoms with Crippen LogP contribution in [0.1, 0.15) is 12.8 Å². The first kappa shape index (κ1) is 12.0. The maximum Gasteiger partial charge on any atom is 0.419 e. The number of carbonyl (C=O) groups is 2. The van der Waals surface area contributed by atoms with Gasteiger partial charge in [-0.2, -0.15) is 0 Å². The van der Waals surface area contributed by atoms with Gasteiger partial charge in [-0.05, 0) is 12.8 Å². The summed E-state index contributed by atoms with van der Waals surface area (Å²) < 4.78 is 4.89. The Bertz CT molecular complexity index is 270. The molecule has 1 aliphatic rings. The molecule has 0 aliphatic carbocycles. The number of ether oxygens (including phenoxy) is 1. The Morgan fingerprint density at radius 1 is 1.33 bits per heavy atom. The fourth-order valence-corrected chi connectivity index (χ4v) is 1.76. The number of urea groups is 1. The van der Waals surface area contributed by atoms with Crippen molar-refractivity contribution in [1.29, 1.82) is 0 Å². The van der Waals surface area contributed by atoms with E-state index < -0.39 is 0 Å². The number of carbonyl (C=O) groups excluding carboxylic acids is 2. The van der Waals surface area contributed by atoms with E-state index in [2.05, 4.69) is 4.74 Å². The second kappa shape index (κ2) is 4.18. The third-order valence-corrected chi connectivity index (χ3v) is 2.55. The number of hydrogen-bond acceptors (Lipinski definition) is 3. The van der Waals surface area contributed by atoms with Gasteiger partial charge in [-0.1, -0.05) is 0 Å². The van der Waals surface area contributed by atoms with Gasteiger partial charge in [0.25, 0.3) is 0 Å². The lowest BCUT2D eigenvalue weighted by Gasteiger charge is -2.29. The van der Waals surface area contributed by atoms with Crippen molar-refractivity contribution < 1.29 is 18.8 Å². The first-order chi connectivity index (χ1) is 6.88. The number of esters is 1. The molecule has 1 atom stereocenters. The molecule has 0 bridgehead atoms. The van der Waals surface area contributed by atoms with Crippen LogP contribution in [0.15, 0.2) is 0 Å². The van der Waals surface area contributed by atoms with E-state index in [9.17, 15) is 9.59 Å². The molecule has 1 rings (SSSR count). The fraction of sp³-hybridized carbons (Fsp3) is 0.800. The molecule has 1 fully saturated rings. The minimum absolute atomic E-state index is 0.0390. The Morgan fingerprint density at radius 2 is 1.93 bits per heavy atom. The first-order valence-corrected chi connectivity index (χ1v) is 5.08. The molecule has 86 valence electrons. The highest BCUT2D eigenvalue weighted by molar-refractivity contribution is 5.81. The van der Waals surface area contributed by atoms with Gasteiger partial charge < -0.3 is 4.74 Å². The number of methoxy groups -OCH3 is 1. The van der Waals surface area contributed by atoms with E-state index in [4.69, 9.17) is 0 Å². The molecule has 2 amide bonds. The SMILES string of the molecule is COC(=O)[C@@H]1CCCN1C(=O)[N+](C)(C)C. The molecule has 1 saturated heterocycles. The highest BCUT2D eigenvalue weighted by Gasteiger charge is 2.40. The summed E-state index contributed by atoms with van der Waals surface area (Å²) in [6.07, 6.45) is 1.57. The van der Waals surface area contributed by atoms with Crippen LogP contribution >= 0.6 is 0 Å². The van der Waals surface area contributed by atoms with Crippen LogP contribution in [0.2, 0.25) is 0 Å². The van der Waals surface area contributed by atoms with Crippen LogP contribution in [0.25, 0.3) is 0 Å². The summed E-state index contributed by atoms with van der Waals surface area (Å²) >= 11 is 0. The molecule has 0 saturated carbocycles. The minimum Gasteiger partial charge on any atom is -0.467 e. The average molecular weight is 215 g/mol. The monoisotopic (exact) mass is 215 g/mol. The highest BCUT2D eigenvalue weighted by Crippen LogP contribution is 2.20. The lowest BCUT2D eigenvalue weighted by atomic mass is 10.2. The number of rotatable bonds is 1. The molecule has 1 aliphatic heterocycles. The molecule has 15 heavy (non-hydrogen) atoms. The standard InChI is InChI=1S/C10H19N2O3/c1-12(2,3)10(14)11-7-5-6-8(11)9(13)15-4/h8H,5-7H2,1-4H3/q+1/t8-/m0/s1. The number of hydrogen-bond donors (Lipinski definition) is 0. The van der Waals surface area contributed by atoms with Crippen molar-refractivity contribution in [3.8, 4) is 0 Å². The Morgan fingerprint density at radius 3 is 2.40 bits per heavy atom. The number of amides is 2. The zero-order valence-corrected chi connectivity index (χ0v) is 9.82. The zero-order valence-electron chi connectivity index (χ0n) is 9.82. The van der Waals surface area contributed by atoms with E-state index in [1.165, 1.54) is 7.11 Å². The van der Waals surface area contributed by atoms with E-state index in [0.29, 0.717) is 13.0 Å². The van der Waals surface area contributed by atoms with Crippen molar-refractivity contribution in [3.63, 3.8) is 0 Å². The van der Waals surface area contributed by atoms with Crippen molar-refractivity contribution >= 4 is 12.0 Å². The normalized spacial score (nSPS) is 21.6. The van der Waals surface area contributed by atoms with E-state index in [1.54, 1.807) is 26.0 Å². The van der Waals surface area contributed by atoms with Crippen molar-refractivity contribution in [2.24, 2.45) is 0 Å². The zero-order chi connectivity index (χ0) is 11.6. The average Bonchev–Trinajstić information content (AvgIpc) is 2.62. The van der Waals surface area contributed by atoms with Crippen LogP contribution < -0.4 is 0 Å². The third-order valence-electron chi connectivity index (χ3n) is 2.55. The van der Waals surface area contributed by atoms with Gasteiger partial charge in [0.2, 0.25) is 0 Å². The third kappa shape index (κ3) is 2.47. The van der Waals surface area contributed by atoms with E-state index in [-0.39, 0.29) is 22.5 Å². The van der Waals surface area contributed by atoms with Gasteiger partial charge >= 0.3 is 12.0 Å². The maximum atomic E-state index is 12.0. The van der Waals surface area contributed by atoms with Crippen LogP contribution in [0.4, 0.5) is 4.79 Å². The first-order valence-electron chi connectivity index (χ1n) is 5.08. The van der Waals surface area contributed by atoms with Crippen molar-refractivity contribution in [2.45, 2.75) is 18.9 Å². The van der Waals surface area contributed by atoms with Gasteiger partial charge in [0.05, 0.1) is 28.3 Å². The van der Waals surface area contributed by atoms with Crippen LogP contribution in [0.5, 0.6) is 0 Å². The number of quaternary nitrogens is 1. The summed E-state index contributed by atoms with van der Waals surface area (Å²) in [5.41, 5.74) is 0. The molecule has 0 N–H and O–H groups in total. The molecule has 0 aromatic heterocycles. The molecule has 5 nitrogen and oxygen atoms in total. The maximum absolute atomic E-state index is 12.0. The second-order valence-electron chi connectivity index (χ2n) is 4.67. The summed E-state index contributed by atoms with van der Waals surface area (Å²) in [5.74, 6) is -0.311. The van der Waals surface area contributed by atoms with Crippen molar-refractivity contribution in [3.05, 3.63) is 0 Å². The van der Waals surface area contributed by atoms with Crippen LogP contribution in [0.3, 0.4) is 0 Å². The number of nitrogens with zero attached hydrogens (tertiary/aromatic N) is 2. The molecule has 1 heterocycles. The molecule has 0 aromatic carbocycles. The molecule has 0 unspecified atom stereocenters. The summed E-state index contributed by atoms with van der Waals surface area (Å²) in [6.45, 7) is 0.647. The number of likely N-dealkylation sites (tertiary alicyclic amines) is 1. The highest BCUT2D eigenvalue weighted by atomic mass is 16.5. The smallest absolute Gasteiger partial charge is 0.419 e. The Balaban J connectivity index is 2.77. The van der Waals surface area contributed by atoms with Gasteiger partial charge in [-0.3, -0.25) is 4.90 Å². The predicted molar refractivity (Wildman–Crippen MR) is 55.2 cm³/mol.